The average Bonchev–Trinajstić information content (AvgIpc) is 2.45. The van der Waals surface area contributed by atoms with E-state index in [0.29, 0.717) is 6.04 Å². The number of aliphatic hydroxyl groups is 1. The van der Waals surface area contributed by atoms with Crippen LogP contribution in [0.15, 0.2) is 0 Å². The van der Waals surface area contributed by atoms with Crippen LogP contribution in [0.4, 0.5) is 0 Å². The van der Waals surface area contributed by atoms with Crippen molar-refractivity contribution in [2.45, 2.75) is 45.3 Å². The van der Waals surface area contributed by atoms with Crippen molar-refractivity contribution in [2.75, 3.05) is 33.7 Å². The van der Waals surface area contributed by atoms with Crippen LogP contribution in [0.25, 0.3) is 0 Å². The monoisotopic (exact) mass is 228 g/mol. The van der Waals surface area contributed by atoms with Gasteiger partial charge in [0.2, 0.25) is 0 Å². The highest BCUT2D eigenvalue weighted by Crippen LogP contribution is 2.21. The number of likely N-dealkylation sites (tertiary alicyclic amines) is 1. The SMILES string of the molecule is CCCC(C)CN1CC(O)CC1CN(C)C. The molecule has 0 aromatic heterocycles. The normalized spacial score (nSPS) is 28.9. The highest BCUT2D eigenvalue weighted by atomic mass is 16.3. The van der Waals surface area contributed by atoms with Gasteiger partial charge in [0.15, 0.2) is 0 Å². The summed E-state index contributed by atoms with van der Waals surface area (Å²) in [6, 6.07) is 0.546. The summed E-state index contributed by atoms with van der Waals surface area (Å²) in [6.07, 6.45) is 3.38. The number of β-amino-alcohol motifs (C(OH)–C–C–N with tert-alkyl or cyclic N) is 1. The summed E-state index contributed by atoms with van der Waals surface area (Å²) in [5.74, 6) is 0.750. The molecule has 3 nitrogen and oxygen atoms in total. The van der Waals surface area contributed by atoms with Crippen molar-refractivity contribution >= 4 is 0 Å². The molecule has 1 aliphatic heterocycles. The molecule has 0 spiro atoms. The minimum absolute atomic E-state index is 0.112. The first kappa shape index (κ1) is 13.9. The summed E-state index contributed by atoms with van der Waals surface area (Å²) in [5, 5.41) is 9.77. The van der Waals surface area contributed by atoms with Crippen LogP contribution in [0, 0.1) is 5.92 Å². The van der Waals surface area contributed by atoms with E-state index >= 15 is 0 Å². The lowest BCUT2D eigenvalue weighted by molar-refractivity contribution is 0.160. The molecule has 0 aliphatic carbocycles. The molecule has 1 aliphatic rings. The number of nitrogens with zero attached hydrogens (tertiary/aromatic N) is 2. The first-order chi connectivity index (χ1) is 7.52. The Morgan fingerprint density at radius 2 is 2.12 bits per heavy atom. The van der Waals surface area contributed by atoms with Gasteiger partial charge in [0.25, 0.3) is 0 Å². The molecule has 3 heteroatoms. The minimum Gasteiger partial charge on any atom is -0.392 e. The first-order valence-corrected chi connectivity index (χ1v) is 6.59. The Bertz CT molecular complexity index is 196. The van der Waals surface area contributed by atoms with Gasteiger partial charge in [-0.2, -0.15) is 0 Å². The molecular formula is C13H28N2O. The quantitative estimate of drug-likeness (QED) is 0.745. The maximum absolute atomic E-state index is 9.77. The summed E-state index contributed by atoms with van der Waals surface area (Å²) in [6.45, 7) is 7.64. The van der Waals surface area contributed by atoms with E-state index < -0.39 is 0 Å². The van der Waals surface area contributed by atoms with Crippen LogP contribution >= 0.6 is 0 Å². The molecule has 1 rings (SSSR count). The zero-order chi connectivity index (χ0) is 12.1. The Balaban J connectivity index is 2.42. The third kappa shape index (κ3) is 4.40. The third-order valence-electron chi connectivity index (χ3n) is 3.41. The van der Waals surface area contributed by atoms with Gasteiger partial charge in [0.05, 0.1) is 6.10 Å². The van der Waals surface area contributed by atoms with Crippen LogP contribution in [-0.2, 0) is 0 Å². The van der Waals surface area contributed by atoms with Gasteiger partial charge >= 0.3 is 0 Å². The average molecular weight is 228 g/mol. The van der Waals surface area contributed by atoms with Crippen molar-refractivity contribution < 1.29 is 5.11 Å². The topological polar surface area (TPSA) is 26.7 Å². The predicted octanol–water partition coefficient (Wildman–Crippen LogP) is 1.42. The molecule has 3 unspecified atom stereocenters. The second kappa shape index (κ2) is 6.58. The van der Waals surface area contributed by atoms with Crippen molar-refractivity contribution in [2.24, 2.45) is 5.92 Å². The van der Waals surface area contributed by atoms with Gasteiger partial charge in [0.1, 0.15) is 0 Å². The van der Waals surface area contributed by atoms with Crippen LogP contribution in [0.2, 0.25) is 0 Å². The largest absolute Gasteiger partial charge is 0.392 e. The molecule has 0 radical (unpaired) electrons. The molecule has 16 heavy (non-hydrogen) atoms. The Kier molecular flexibility index (Phi) is 5.73. The lowest BCUT2D eigenvalue weighted by Gasteiger charge is -2.28. The molecule has 1 heterocycles. The van der Waals surface area contributed by atoms with Gasteiger partial charge in [-0.05, 0) is 32.9 Å². The molecule has 0 amide bonds. The van der Waals surface area contributed by atoms with Gasteiger partial charge in [-0.25, -0.2) is 0 Å². The number of likely N-dealkylation sites (N-methyl/N-ethyl adjacent to an activating group) is 1. The van der Waals surface area contributed by atoms with E-state index in [2.05, 4.69) is 37.7 Å². The van der Waals surface area contributed by atoms with E-state index in [1.54, 1.807) is 0 Å². The van der Waals surface area contributed by atoms with Crippen molar-refractivity contribution in [3.63, 3.8) is 0 Å². The lowest BCUT2D eigenvalue weighted by Crippen LogP contribution is -2.39. The number of hydrogen-bond donors (Lipinski definition) is 1. The van der Waals surface area contributed by atoms with Gasteiger partial charge in [0, 0.05) is 25.7 Å². The molecule has 96 valence electrons. The molecule has 0 aromatic carbocycles. The molecule has 3 atom stereocenters. The second-order valence-electron chi connectivity index (χ2n) is 5.65. The summed E-state index contributed by atoms with van der Waals surface area (Å²) in [4.78, 5) is 4.70. The Morgan fingerprint density at radius 1 is 1.44 bits per heavy atom. The van der Waals surface area contributed by atoms with E-state index in [9.17, 15) is 5.11 Å². The van der Waals surface area contributed by atoms with Gasteiger partial charge in [-0.15, -0.1) is 0 Å². The summed E-state index contributed by atoms with van der Waals surface area (Å²) in [5.41, 5.74) is 0. The molecule has 1 N–H and O–H groups in total. The van der Waals surface area contributed by atoms with Crippen molar-refractivity contribution in [1.82, 2.24) is 9.80 Å². The minimum atomic E-state index is -0.112. The van der Waals surface area contributed by atoms with Gasteiger partial charge in [-0.3, -0.25) is 4.90 Å². The van der Waals surface area contributed by atoms with Crippen molar-refractivity contribution in [1.29, 1.82) is 0 Å². The molecular weight excluding hydrogens is 200 g/mol. The molecule has 0 aromatic rings. The van der Waals surface area contributed by atoms with Crippen molar-refractivity contribution in [3.05, 3.63) is 0 Å². The fourth-order valence-electron chi connectivity index (χ4n) is 2.78. The Labute approximate surface area is 100 Å². The first-order valence-electron chi connectivity index (χ1n) is 6.59. The van der Waals surface area contributed by atoms with E-state index in [1.807, 2.05) is 0 Å². The maximum atomic E-state index is 9.77. The maximum Gasteiger partial charge on any atom is 0.0682 e. The molecule has 0 saturated carbocycles. The van der Waals surface area contributed by atoms with Crippen LogP contribution in [-0.4, -0.2) is 60.8 Å². The fraction of sp³-hybridized carbons (Fsp3) is 1.00. The number of hydrogen-bond acceptors (Lipinski definition) is 3. The van der Waals surface area contributed by atoms with E-state index in [4.69, 9.17) is 0 Å². The molecule has 0 bridgehead atoms. The summed E-state index contributed by atoms with van der Waals surface area (Å²) in [7, 11) is 4.22. The van der Waals surface area contributed by atoms with Gasteiger partial charge < -0.3 is 10.0 Å². The number of aliphatic hydroxyl groups excluding tert-OH is 1. The summed E-state index contributed by atoms with van der Waals surface area (Å²) >= 11 is 0. The van der Waals surface area contributed by atoms with Crippen LogP contribution in [0.3, 0.4) is 0 Å². The van der Waals surface area contributed by atoms with E-state index in [-0.39, 0.29) is 6.10 Å². The summed E-state index contributed by atoms with van der Waals surface area (Å²) < 4.78 is 0. The third-order valence-corrected chi connectivity index (χ3v) is 3.41. The van der Waals surface area contributed by atoms with Crippen LogP contribution in [0.1, 0.15) is 33.1 Å². The van der Waals surface area contributed by atoms with Gasteiger partial charge in [-0.1, -0.05) is 20.3 Å². The zero-order valence-corrected chi connectivity index (χ0v) is 11.3. The molecule has 1 fully saturated rings. The van der Waals surface area contributed by atoms with E-state index in [1.165, 1.54) is 12.8 Å². The highest BCUT2D eigenvalue weighted by molar-refractivity contribution is 4.87. The number of rotatable bonds is 6. The molecule has 1 saturated heterocycles. The second-order valence-corrected chi connectivity index (χ2v) is 5.65. The fourth-order valence-corrected chi connectivity index (χ4v) is 2.78. The Hall–Kier alpha value is -0.120. The van der Waals surface area contributed by atoms with Crippen LogP contribution < -0.4 is 0 Å². The van der Waals surface area contributed by atoms with E-state index in [0.717, 1.165) is 32.0 Å². The zero-order valence-electron chi connectivity index (χ0n) is 11.3. The van der Waals surface area contributed by atoms with Crippen LogP contribution in [0.5, 0.6) is 0 Å². The smallest absolute Gasteiger partial charge is 0.0682 e. The standard InChI is InChI=1S/C13H28N2O/c1-5-6-11(2)8-15-10-13(16)7-12(15)9-14(3)4/h11-13,16H,5-10H2,1-4H3. The predicted molar refractivity (Wildman–Crippen MR) is 68.6 cm³/mol. The lowest BCUT2D eigenvalue weighted by atomic mass is 10.1. The Morgan fingerprint density at radius 3 is 2.69 bits per heavy atom. The van der Waals surface area contributed by atoms with Crippen molar-refractivity contribution in [3.8, 4) is 0 Å². The highest BCUT2D eigenvalue weighted by Gasteiger charge is 2.31.